The molecule has 0 saturated carbocycles. The number of Topliss-reactive ketones (excluding diaryl/α,β-unsaturated/α-hetero) is 1. The number of aliphatic hydroxyl groups excluding tert-OH is 2. The first-order chi connectivity index (χ1) is 35.2. The number of aromatic hydroxyl groups is 2. The van der Waals surface area contributed by atoms with E-state index in [4.69, 9.17) is 23.9 Å². The van der Waals surface area contributed by atoms with Gasteiger partial charge in [-0.3, -0.25) is 19.5 Å². The number of likely N-dealkylation sites (tertiary alicyclic amines) is 1. The number of hydrogen-bond acceptors (Lipinski definition) is 15. The van der Waals surface area contributed by atoms with Crippen molar-refractivity contribution in [3.05, 3.63) is 93.9 Å². The zero-order chi connectivity index (χ0) is 53.4. The lowest BCUT2D eigenvalue weighted by atomic mass is 9.78. The van der Waals surface area contributed by atoms with E-state index in [1.165, 1.54) is 25.9 Å². The van der Waals surface area contributed by atoms with Crippen LogP contribution in [0.25, 0.3) is 10.8 Å². The fourth-order valence-corrected chi connectivity index (χ4v) is 11.3. The fourth-order valence-electron chi connectivity index (χ4n) is 11.3. The number of nitrogens with zero attached hydrogens (tertiary/aromatic N) is 5. The van der Waals surface area contributed by atoms with Crippen molar-refractivity contribution in [1.29, 1.82) is 0 Å². The summed E-state index contributed by atoms with van der Waals surface area (Å²) in [5.41, 5.74) is 1.12. The molecule has 400 valence electrons. The van der Waals surface area contributed by atoms with E-state index in [-0.39, 0.29) is 49.7 Å². The summed E-state index contributed by atoms with van der Waals surface area (Å²) in [6.45, 7) is 21.6. The number of piperidine rings is 1. The molecule has 6 aliphatic heterocycles. The summed E-state index contributed by atoms with van der Waals surface area (Å²) in [6, 6.07) is 10.3. The Labute approximate surface area is 434 Å². The van der Waals surface area contributed by atoms with E-state index >= 15 is 0 Å². The van der Waals surface area contributed by atoms with Gasteiger partial charge in [0.05, 0.1) is 41.2 Å². The highest BCUT2D eigenvalue weighted by Gasteiger charge is 2.51. The molecule has 6 aliphatic rings. The largest absolute Gasteiger partial charge is 0.507 e. The molecule has 2 amide bonds. The Bertz CT molecular complexity index is 2820. The Kier molecular flexibility index (Phi) is 16.3. The van der Waals surface area contributed by atoms with E-state index < -0.39 is 83.1 Å². The SMILES string of the molecule is CO[C@H]1/C=C/O[C@@]2(C)Oc3c(C)c(O)c4c(O)c(c5c(c4c3C2=O)NC2(CCN(CC(C)C)CC2)N=5)=NC(=O)/C(C)=C\C=C\[C@H](C)[C@H](O)[C@@H](C)[C@@H](O)[C@@H](C)[C@H](OC(=O)N2CCN(CCc3ccccc3)CC2)[C@@H]1C. The summed E-state index contributed by atoms with van der Waals surface area (Å²) in [6.07, 6.45) is 5.36. The van der Waals surface area contributed by atoms with Gasteiger partial charge in [0, 0.05) is 119 Å². The Hall–Kier alpha value is -5.85. The summed E-state index contributed by atoms with van der Waals surface area (Å²) < 4.78 is 25.1. The van der Waals surface area contributed by atoms with Gasteiger partial charge in [-0.2, -0.15) is 0 Å². The number of carbonyl (C=O) groups excluding carboxylic acids is 3. The minimum Gasteiger partial charge on any atom is -0.507 e. The lowest BCUT2D eigenvalue weighted by Gasteiger charge is -2.40. The predicted molar refractivity (Wildman–Crippen MR) is 281 cm³/mol. The average Bonchev–Trinajstić information content (AvgIpc) is 3.89. The summed E-state index contributed by atoms with van der Waals surface area (Å²) in [7, 11) is 1.50. The number of rotatable bonds is 7. The number of nitrogens with one attached hydrogen (secondary N) is 1. The minimum atomic E-state index is -1.98. The van der Waals surface area contributed by atoms with Gasteiger partial charge < -0.3 is 54.5 Å². The number of ether oxygens (including phenoxy) is 4. The Morgan fingerprint density at radius 3 is 2.23 bits per heavy atom. The number of fused-ring (bicyclic) bond motifs is 13. The van der Waals surface area contributed by atoms with Crippen LogP contribution in [0.4, 0.5) is 10.5 Å². The maximum Gasteiger partial charge on any atom is 0.410 e. The molecular weight excluding hydrogens is 945 g/mol. The van der Waals surface area contributed by atoms with Gasteiger partial charge in [0.25, 0.3) is 11.7 Å². The highest BCUT2D eigenvalue weighted by Crippen LogP contribution is 2.51. The summed E-state index contributed by atoms with van der Waals surface area (Å²) in [4.78, 5) is 59.2. The Morgan fingerprint density at radius 2 is 1.57 bits per heavy atom. The molecule has 3 aromatic rings. The van der Waals surface area contributed by atoms with Crippen molar-refractivity contribution >= 4 is 34.2 Å². The molecule has 74 heavy (non-hydrogen) atoms. The van der Waals surface area contributed by atoms with Crippen molar-refractivity contribution < 1.29 is 53.8 Å². The van der Waals surface area contributed by atoms with Crippen LogP contribution in [0.15, 0.2) is 76.5 Å². The molecule has 0 aliphatic carbocycles. The van der Waals surface area contributed by atoms with Crippen LogP contribution in [0.1, 0.15) is 89.7 Å². The normalized spacial score (nSPS) is 30.5. The monoisotopic (exact) mass is 1020 g/mol. The number of aliphatic hydroxyl groups is 2. The third kappa shape index (κ3) is 10.8. The fraction of sp³-hybridized carbons (Fsp3) is 0.561. The maximum atomic E-state index is 15.0. The van der Waals surface area contributed by atoms with Crippen LogP contribution in [0.5, 0.6) is 17.2 Å². The number of ketones is 1. The molecule has 5 N–H and O–H groups in total. The van der Waals surface area contributed by atoms with Crippen LogP contribution < -0.4 is 20.8 Å². The van der Waals surface area contributed by atoms with Gasteiger partial charge in [-0.05, 0) is 37.8 Å². The number of benzene rings is 3. The predicted octanol–water partition coefficient (Wildman–Crippen LogP) is 6.18. The quantitative estimate of drug-likeness (QED) is 0.167. The maximum absolute atomic E-state index is 15.0. The van der Waals surface area contributed by atoms with Crippen molar-refractivity contribution in [2.75, 3.05) is 64.8 Å². The van der Waals surface area contributed by atoms with Crippen molar-refractivity contribution in [2.24, 2.45) is 39.6 Å². The van der Waals surface area contributed by atoms with Crippen molar-refractivity contribution in [2.45, 2.75) is 117 Å². The Balaban J connectivity index is 1.16. The van der Waals surface area contributed by atoms with Crippen LogP contribution in [-0.2, 0) is 25.4 Å². The number of phenols is 2. The molecule has 17 heteroatoms. The molecule has 3 aromatic carbocycles. The van der Waals surface area contributed by atoms with Crippen LogP contribution >= 0.6 is 0 Å². The van der Waals surface area contributed by atoms with Gasteiger partial charge in [-0.1, -0.05) is 90.1 Å². The number of allylic oxidation sites excluding steroid dienone is 2. The van der Waals surface area contributed by atoms with Gasteiger partial charge in [-0.15, -0.1) is 0 Å². The number of amides is 2. The standard InChI is InChI=1S/C57H76N6O11/c1-32(2)31-62-24-21-57(22-25-62)59-44-41-42-49(66)38(8)52-43(41)53(68)56(9,74-52)72-30-20-40(71-10)35(5)51(73-55(70)63-28-26-61(27-29-63)23-19-39-17-12-11-13-18-39)37(7)48(65)36(6)47(64)33(3)15-14-16-34(4)54(69)58-46(50(42)67)45(44)60-57/h11-18,20,30,32-33,35-37,40,47-48,51,59,64-67H,19,21-29,31H2,1-10H3/b15-14+,30-20+,34-16-,58-46?/t33-,35+,36+,37+,40-,47-,48+,51+,56-/m0/s1. The van der Waals surface area contributed by atoms with E-state index in [0.717, 1.165) is 32.6 Å². The summed E-state index contributed by atoms with van der Waals surface area (Å²) >= 11 is 0. The molecule has 17 nitrogen and oxygen atoms in total. The first-order valence-electron chi connectivity index (χ1n) is 26.3. The summed E-state index contributed by atoms with van der Waals surface area (Å²) in [5, 5.41) is 51.7. The molecule has 2 saturated heterocycles. The molecule has 5 bridgehead atoms. The molecule has 0 radical (unpaired) electrons. The summed E-state index contributed by atoms with van der Waals surface area (Å²) in [5.74, 6) is -6.21. The molecule has 9 rings (SSSR count). The first kappa shape index (κ1) is 54.4. The molecule has 1 spiro atoms. The molecule has 0 unspecified atom stereocenters. The second-order valence-corrected chi connectivity index (χ2v) is 21.8. The third-order valence-electron chi connectivity index (χ3n) is 16.0. The van der Waals surface area contributed by atoms with Crippen molar-refractivity contribution in [3.8, 4) is 17.2 Å². The third-order valence-corrected chi connectivity index (χ3v) is 16.0. The van der Waals surface area contributed by atoms with Gasteiger partial charge in [-0.25, -0.2) is 9.79 Å². The minimum absolute atomic E-state index is 0.0530. The molecule has 6 heterocycles. The topological polar surface area (TPSA) is 216 Å². The molecule has 2 fully saturated rings. The van der Waals surface area contributed by atoms with Gasteiger partial charge in [0.15, 0.2) is 5.75 Å². The first-order valence-corrected chi connectivity index (χ1v) is 26.3. The van der Waals surface area contributed by atoms with Gasteiger partial charge in [0.1, 0.15) is 34.0 Å². The van der Waals surface area contributed by atoms with Crippen LogP contribution in [-0.4, -0.2) is 148 Å². The van der Waals surface area contributed by atoms with Crippen LogP contribution in [0, 0.1) is 36.5 Å². The number of phenolic OH excluding ortho intramolecular Hbond substituents is 2. The average molecular weight is 1020 g/mol. The molecule has 9 atom stereocenters. The zero-order valence-electron chi connectivity index (χ0n) is 44.6. The zero-order valence-corrected chi connectivity index (χ0v) is 44.6. The van der Waals surface area contributed by atoms with E-state index in [2.05, 4.69) is 46.1 Å². The van der Waals surface area contributed by atoms with E-state index in [0.29, 0.717) is 50.6 Å². The van der Waals surface area contributed by atoms with Crippen LogP contribution in [0.3, 0.4) is 0 Å². The number of hydrogen-bond donors (Lipinski definition) is 5. The second-order valence-electron chi connectivity index (χ2n) is 21.8. The highest BCUT2D eigenvalue weighted by molar-refractivity contribution is 6.21. The van der Waals surface area contributed by atoms with Crippen LogP contribution in [0.2, 0.25) is 0 Å². The van der Waals surface area contributed by atoms with E-state index in [1.807, 2.05) is 25.1 Å². The number of anilines is 1. The van der Waals surface area contributed by atoms with Crippen molar-refractivity contribution in [1.82, 2.24) is 14.7 Å². The van der Waals surface area contributed by atoms with Crippen molar-refractivity contribution in [3.63, 3.8) is 0 Å². The highest BCUT2D eigenvalue weighted by atomic mass is 16.7. The van der Waals surface area contributed by atoms with Gasteiger partial charge >= 0.3 is 11.9 Å². The number of methoxy groups -OCH3 is 1. The van der Waals surface area contributed by atoms with E-state index in [9.17, 15) is 34.8 Å². The second kappa shape index (κ2) is 22.2. The molecule has 0 aromatic heterocycles. The smallest absolute Gasteiger partial charge is 0.410 e. The number of carbonyl (C=O) groups is 3. The van der Waals surface area contributed by atoms with Gasteiger partial charge in [0.2, 0.25) is 0 Å². The molecular formula is C57H76N6O11. The lowest BCUT2D eigenvalue weighted by molar-refractivity contribution is -0.114. The van der Waals surface area contributed by atoms with E-state index in [1.54, 1.807) is 63.8 Å². The Morgan fingerprint density at radius 1 is 0.878 bits per heavy atom. The number of piperazine rings is 1. The lowest BCUT2D eigenvalue weighted by Crippen LogP contribution is -2.52.